The summed E-state index contributed by atoms with van der Waals surface area (Å²) in [6.07, 6.45) is 4.45. The summed E-state index contributed by atoms with van der Waals surface area (Å²) in [6, 6.07) is 12.6. The number of aromatic nitrogens is 4. The molecule has 1 aliphatic heterocycles. The molecular formula is C18H17N5O2. The van der Waals surface area contributed by atoms with Crippen LogP contribution in [0.2, 0.25) is 0 Å². The Morgan fingerprint density at radius 3 is 2.76 bits per heavy atom. The molecule has 0 saturated heterocycles. The monoisotopic (exact) mass is 335 g/mol. The Morgan fingerprint density at radius 1 is 1.16 bits per heavy atom. The maximum atomic E-state index is 13.1. The molecule has 3 heterocycles. The molecule has 4 rings (SSSR count). The van der Waals surface area contributed by atoms with Gasteiger partial charge in [-0.2, -0.15) is 10.2 Å². The molecular weight excluding hydrogens is 318 g/mol. The molecule has 0 spiro atoms. The van der Waals surface area contributed by atoms with Crippen LogP contribution in [0.3, 0.4) is 0 Å². The van der Waals surface area contributed by atoms with Crippen molar-refractivity contribution in [2.45, 2.75) is 12.5 Å². The zero-order valence-electron chi connectivity index (χ0n) is 13.7. The largest absolute Gasteiger partial charge is 0.305 e. The van der Waals surface area contributed by atoms with Crippen molar-refractivity contribution in [2.24, 2.45) is 7.05 Å². The number of fused-ring (bicyclic) bond motifs is 1. The van der Waals surface area contributed by atoms with E-state index in [4.69, 9.17) is 0 Å². The number of carbonyl (C=O) groups excluding carboxylic acids is 1. The fourth-order valence-corrected chi connectivity index (χ4v) is 3.20. The lowest BCUT2D eigenvalue weighted by Crippen LogP contribution is -2.42. The van der Waals surface area contributed by atoms with Crippen molar-refractivity contribution < 1.29 is 4.79 Å². The Morgan fingerprint density at radius 2 is 2.00 bits per heavy atom. The van der Waals surface area contributed by atoms with Gasteiger partial charge in [0.25, 0.3) is 11.5 Å². The van der Waals surface area contributed by atoms with Gasteiger partial charge in [0.1, 0.15) is 5.69 Å². The lowest BCUT2D eigenvalue weighted by atomic mass is 9.97. The summed E-state index contributed by atoms with van der Waals surface area (Å²) in [7, 11) is 1.54. The summed E-state index contributed by atoms with van der Waals surface area (Å²) in [5.41, 5.74) is 1.97. The molecule has 1 atom stereocenters. The molecule has 1 unspecified atom stereocenters. The molecule has 126 valence electrons. The van der Waals surface area contributed by atoms with Crippen molar-refractivity contribution >= 4 is 11.6 Å². The summed E-state index contributed by atoms with van der Waals surface area (Å²) in [6.45, 7) is 0.502. The van der Waals surface area contributed by atoms with E-state index in [1.54, 1.807) is 11.1 Å². The second-order valence-electron chi connectivity index (χ2n) is 6.07. The third-order valence-corrected chi connectivity index (χ3v) is 4.45. The van der Waals surface area contributed by atoms with Crippen LogP contribution in [0.15, 0.2) is 59.7 Å². The molecule has 7 nitrogen and oxygen atoms in total. The van der Waals surface area contributed by atoms with Crippen LogP contribution in [0, 0.1) is 0 Å². The topological polar surface area (TPSA) is 73.0 Å². The van der Waals surface area contributed by atoms with Gasteiger partial charge in [-0.1, -0.05) is 18.2 Å². The molecule has 0 fully saturated rings. The molecule has 0 radical (unpaired) electrons. The van der Waals surface area contributed by atoms with Gasteiger partial charge >= 0.3 is 0 Å². The van der Waals surface area contributed by atoms with Crippen molar-refractivity contribution in [2.75, 3.05) is 11.4 Å². The van der Waals surface area contributed by atoms with Crippen molar-refractivity contribution in [1.29, 1.82) is 0 Å². The molecule has 1 aliphatic rings. The highest BCUT2D eigenvalue weighted by Crippen LogP contribution is 2.32. The highest BCUT2D eigenvalue weighted by molar-refractivity contribution is 6.05. The van der Waals surface area contributed by atoms with Gasteiger partial charge in [-0.15, -0.1) is 0 Å². The lowest BCUT2D eigenvalue weighted by molar-refractivity contribution is 0.0973. The van der Waals surface area contributed by atoms with Crippen LogP contribution >= 0.6 is 0 Å². The first-order chi connectivity index (χ1) is 12.1. The van der Waals surface area contributed by atoms with Crippen LogP contribution in [0.1, 0.15) is 22.1 Å². The summed E-state index contributed by atoms with van der Waals surface area (Å²) < 4.78 is 3.05. The minimum Gasteiger partial charge on any atom is -0.305 e. The van der Waals surface area contributed by atoms with Gasteiger partial charge in [0.2, 0.25) is 0 Å². The average Bonchev–Trinajstić information content (AvgIpc) is 3.17. The Kier molecular flexibility index (Phi) is 3.68. The first-order valence-electron chi connectivity index (χ1n) is 8.07. The third-order valence-electron chi connectivity index (χ3n) is 4.45. The molecule has 0 bridgehead atoms. The summed E-state index contributed by atoms with van der Waals surface area (Å²) >= 11 is 0. The zero-order chi connectivity index (χ0) is 17.4. The average molecular weight is 335 g/mol. The maximum Gasteiger partial charge on any atom is 0.278 e. The number of rotatable bonds is 2. The molecule has 1 aromatic carbocycles. The number of para-hydroxylation sites is 1. The normalized spacial score (nSPS) is 16.5. The van der Waals surface area contributed by atoms with Crippen molar-refractivity contribution in [1.82, 2.24) is 19.6 Å². The Balaban J connectivity index is 1.75. The molecule has 0 saturated carbocycles. The molecule has 2 aromatic heterocycles. The highest BCUT2D eigenvalue weighted by Gasteiger charge is 2.30. The molecule has 25 heavy (non-hydrogen) atoms. The number of anilines is 1. The van der Waals surface area contributed by atoms with Gasteiger partial charge in [-0.05, 0) is 30.2 Å². The minimum atomic E-state index is -0.245. The highest BCUT2D eigenvalue weighted by atomic mass is 16.2. The number of nitrogens with zero attached hydrogens (tertiary/aromatic N) is 5. The van der Waals surface area contributed by atoms with E-state index in [0.29, 0.717) is 6.54 Å². The molecule has 7 heteroatoms. The van der Waals surface area contributed by atoms with Gasteiger partial charge in [0, 0.05) is 37.7 Å². The van der Waals surface area contributed by atoms with Crippen LogP contribution in [-0.4, -0.2) is 32.0 Å². The smallest absolute Gasteiger partial charge is 0.278 e. The molecule has 1 amide bonds. The van der Waals surface area contributed by atoms with Crippen LogP contribution < -0.4 is 10.5 Å². The van der Waals surface area contributed by atoms with Crippen molar-refractivity contribution in [3.8, 4) is 0 Å². The van der Waals surface area contributed by atoms with Gasteiger partial charge in [0.05, 0.1) is 6.04 Å². The number of hydrogen-bond donors (Lipinski definition) is 0. The number of amides is 1. The minimum absolute atomic E-state index is 0.0568. The van der Waals surface area contributed by atoms with Crippen LogP contribution in [0.25, 0.3) is 0 Å². The first-order valence-corrected chi connectivity index (χ1v) is 8.07. The standard InChI is InChI=1S/C18H17N5O2/c1-21-17(24)8-7-15(20-21)18(25)22-12-14(23-10-4-9-19-23)11-13-5-2-3-6-16(13)22/h2-10,14H,11-12H2,1H3. The zero-order valence-corrected chi connectivity index (χ0v) is 13.7. The number of benzene rings is 1. The number of hydrogen-bond acceptors (Lipinski definition) is 4. The predicted octanol–water partition coefficient (Wildman–Crippen LogP) is 1.42. The number of aryl methyl sites for hydroxylation is 1. The van der Waals surface area contributed by atoms with E-state index in [0.717, 1.165) is 17.7 Å². The summed E-state index contributed by atoms with van der Waals surface area (Å²) in [5.74, 6) is -0.222. The van der Waals surface area contributed by atoms with Gasteiger partial charge < -0.3 is 4.90 Å². The fraction of sp³-hybridized carbons (Fsp3) is 0.222. The van der Waals surface area contributed by atoms with Gasteiger partial charge in [-0.3, -0.25) is 14.3 Å². The molecule has 3 aromatic rings. The van der Waals surface area contributed by atoms with E-state index >= 15 is 0 Å². The van der Waals surface area contributed by atoms with E-state index in [1.807, 2.05) is 41.2 Å². The third kappa shape index (κ3) is 2.73. The Labute approximate surface area is 144 Å². The number of carbonyl (C=O) groups is 1. The molecule has 0 N–H and O–H groups in total. The Bertz CT molecular complexity index is 977. The van der Waals surface area contributed by atoms with E-state index in [2.05, 4.69) is 10.2 Å². The maximum absolute atomic E-state index is 13.1. The second-order valence-corrected chi connectivity index (χ2v) is 6.07. The fourth-order valence-electron chi connectivity index (χ4n) is 3.20. The van der Waals surface area contributed by atoms with Crippen molar-refractivity contribution in [3.63, 3.8) is 0 Å². The second kappa shape index (κ2) is 6.01. The van der Waals surface area contributed by atoms with Gasteiger partial charge in [-0.25, -0.2) is 4.68 Å². The quantitative estimate of drug-likeness (QED) is 0.710. The van der Waals surface area contributed by atoms with Crippen LogP contribution in [0.5, 0.6) is 0 Å². The Hall–Kier alpha value is -3.22. The summed E-state index contributed by atoms with van der Waals surface area (Å²) in [5, 5.41) is 8.42. The SMILES string of the molecule is Cn1nc(C(=O)N2CC(n3cccn3)Cc3ccccc32)ccc1=O. The predicted molar refractivity (Wildman–Crippen MR) is 92.6 cm³/mol. The van der Waals surface area contributed by atoms with Crippen molar-refractivity contribution in [3.05, 3.63) is 76.5 Å². The molecule has 0 aliphatic carbocycles. The van der Waals surface area contributed by atoms with E-state index in [1.165, 1.54) is 23.9 Å². The van der Waals surface area contributed by atoms with E-state index in [-0.39, 0.29) is 23.2 Å². The lowest BCUT2D eigenvalue weighted by Gasteiger charge is -2.34. The van der Waals surface area contributed by atoms with E-state index in [9.17, 15) is 9.59 Å². The van der Waals surface area contributed by atoms with Crippen LogP contribution in [0.4, 0.5) is 5.69 Å². The first kappa shape index (κ1) is 15.3. The van der Waals surface area contributed by atoms with Crippen LogP contribution in [-0.2, 0) is 13.5 Å². The van der Waals surface area contributed by atoms with Gasteiger partial charge in [0.15, 0.2) is 0 Å². The van der Waals surface area contributed by atoms with E-state index < -0.39 is 0 Å². The summed E-state index contributed by atoms with van der Waals surface area (Å²) in [4.78, 5) is 26.3.